The molecule has 0 bridgehead atoms. The normalized spacial score (nSPS) is 17.0. The Morgan fingerprint density at radius 3 is 2.18 bits per heavy atom. The van der Waals surface area contributed by atoms with Gasteiger partial charge in [-0.05, 0) is 41.5 Å². The molecule has 2 aliphatic carbocycles. The molecule has 3 N–H and O–H groups in total. The molecule has 2 amide bonds. The summed E-state index contributed by atoms with van der Waals surface area (Å²) in [6.07, 6.45) is 2.38. The molecule has 2 aliphatic rings. The Kier molecular flexibility index (Phi) is 6.67. The van der Waals surface area contributed by atoms with Gasteiger partial charge in [0.15, 0.2) is 0 Å². The van der Waals surface area contributed by atoms with Crippen LogP contribution in [0.25, 0.3) is 11.1 Å². The molecule has 33 heavy (non-hydrogen) atoms. The second kappa shape index (κ2) is 9.65. The summed E-state index contributed by atoms with van der Waals surface area (Å²) in [6, 6.07) is 16.3. The second-order valence-electron chi connectivity index (χ2n) is 9.03. The fraction of sp³-hybridized carbons (Fsp3) is 0.423. The van der Waals surface area contributed by atoms with Crippen LogP contribution >= 0.6 is 0 Å². The van der Waals surface area contributed by atoms with E-state index in [2.05, 4.69) is 34.9 Å². The van der Waals surface area contributed by atoms with Crippen molar-refractivity contribution >= 4 is 18.0 Å². The Labute approximate surface area is 193 Å². The first kappa shape index (κ1) is 22.8. The van der Waals surface area contributed by atoms with Crippen LogP contribution in [0.4, 0.5) is 4.79 Å². The number of fused-ring (bicyclic) bond motifs is 3. The van der Waals surface area contributed by atoms with E-state index in [1.54, 1.807) is 6.92 Å². The van der Waals surface area contributed by atoms with Crippen molar-refractivity contribution in [2.45, 2.75) is 50.5 Å². The van der Waals surface area contributed by atoms with Crippen molar-refractivity contribution in [3.8, 4) is 11.1 Å². The van der Waals surface area contributed by atoms with Crippen molar-refractivity contribution in [1.82, 2.24) is 10.6 Å². The average Bonchev–Trinajstić information content (AvgIpc) is 3.41. The quantitative estimate of drug-likeness (QED) is 0.562. The van der Waals surface area contributed by atoms with Gasteiger partial charge in [-0.1, -0.05) is 68.3 Å². The van der Waals surface area contributed by atoms with Gasteiger partial charge in [0.25, 0.3) is 0 Å². The lowest BCUT2D eigenvalue weighted by atomic mass is 9.96. The van der Waals surface area contributed by atoms with Crippen LogP contribution in [0.2, 0.25) is 0 Å². The Bertz CT molecular complexity index is 999. The number of aliphatic carboxylic acids is 1. The summed E-state index contributed by atoms with van der Waals surface area (Å²) < 4.78 is 5.51. The van der Waals surface area contributed by atoms with E-state index in [0.29, 0.717) is 19.3 Å². The molecular weight excluding hydrogens is 420 g/mol. The maximum atomic E-state index is 12.5. The number of ether oxygens (including phenoxy) is 1. The van der Waals surface area contributed by atoms with Gasteiger partial charge in [0.2, 0.25) is 5.91 Å². The molecule has 1 atom stereocenters. The number of hydrogen-bond acceptors (Lipinski definition) is 4. The Morgan fingerprint density at radius 1 is 1.03 bits per heavy atom. The average molecular weight is 451 g/mol. The summed E-state index contributed by atoms with van der Waals surface area (Å²) in [5, 5.41) is 15.0. The highest BCUT2D eigenvalue weighted by Gasteiger charge is 2.43. The third-order valence-electron chi connectivity index (χ3n) is 6.87. The molecule has 2 aromatic rings. The second-order valence-corrected chi connectivity index (χ2v) is 9.03. The maximum absolute atomic E-state index is 12.5. The van der Waals surface area contributed by atoms with Crippen molar-refractivity contribution in [1.29, 1.82) is 0 Å². The first-order valence-corrected chi connectivity index (χ1v) is 11.6. The van der Waals surface area contributed by atoms with Gasteiger partial charge in [0, 0.05) is 18.4 Å². The van der Waals surface area contributed by atoms with Crippen LogP contribution < -0.4 is 10.6 Å². The highest BCUT2D eigenvalue weighted by Crippen LogP contribution is 2.44. The van der Waals surface area contributed by atoms with Gasteiger partial charge in [-0.15, -0.1) is 0 Å². The summed E-state index contributed by atoms with van der Waals surface area (Å²) in [5.74, 6) is -1.70. The number of rotatable bonds is 8. The zero-order chi connectivity index (χ0) is 23.4. The van der Waals surface area contributed by atoms with Crippen molar-refractivity contribution in [3.05, 3.63) is 59.7 Å². The highest BCUT2D eigenvalue weighted by atomic mass is 16.5. The minimum atomic E-state index is -1.15. The van der Waals surface area contributed by atoms with E-state index in [4.69, 9.17) is 4.74 Å². The van der Waals surface area contributed by atoms with Crippen LogP contribution in [-0.2, 0) is 14.3 Å². The molecule has 1 saturated carbocycles. The van der Waals surface area contributed by atoms with Gasteiger partial charge in [-0.3, -0.25) is 4.79 Å². The van der Waals surface area contributed by atoms with Crippen LogP contribution in [0.3, 0.4) is 0 Å². The van der Waals surface area contributed by atoms with E-state index in [0.717, 1.165) is 24.0 Å². The standard InChI is InChI=1S/C26H30N2O5/c1-17(23(29)28-26(24(30)31)13-6-7-14-26)12-15-27-25(32)33-16-22-20-10-4-2-8-18(20)19-9-3-5-11-21(19)22/h2-5,8-11,17,22H,6-7,12-16H2,1H3,(H,27,32)(H,28,29)(H,30,31). The summed E-state index contributed by atoms with van der Waals surface area (Å²) >= 11 is 0. The predicted octanol–water partition coefficient (Wildman–Crippen LogP) is 4.06. The van der Waals surface area contributed by atoms with Crippen LogP contribution in [0.15, 0.2) is 48.5 Å². The fourth-order valence-corrected chi connectivity index (χ4v) is 4.90. The first-order valence-electron chi connectivity index (χ1n) is 11.6. The summed E-state index contributed by atoms with van der Waals surface area (Å²) in [5.41, 5.74) is 3.49. The van der Waals surface area contributed by atoms with E-state index in [1.807, 2.05) is 24.3 Å². The lowest BCUT2D eigenvalue weighted by molar-refractivity contribution is -0.148. The lowest BCUT2D eigenvalue weighted by Gasteiger charge is -2.27. The van der Waals surface area contributed by atoms with Crippen LogP contribution in [0.5, 0.6) is 0 Å². The zero-order valence-electron chi connectivity index (χ0n) is 18.8. The molecule has 4 rings (SSSR count). The van der Waals surface area contributed by atoms with Crippen LogP contribution in [-0.4, -0.2) is 41.8 Å². The number of nitrogens with one attached hydrogen (secondary N) is 2. The molecule has 0 saturated heterocycles. The molecule has 2 aromatic carbocycles. The van der Waals surface area contributed by atoms with Gasteiger partial charge in [-0.2, -0.15) is 0 Å². The monoisotopic (exact) mass is 450 g/mol. The SMILES string of the molecule is CC(CCNC(=O)OCC1c2ccccc2-c2ccccc21)C(=O)NC1(C(=O)O)CCCC1. The third-order valence-corrected chi connectivity index (χ3v) is 6.87. The molecule has 174 valence electrons. The number of alkyl carbamates (subject to hydrolysis) is 1. The molecule has 0 aliphatic heterocycles. The van der Waals surface area contributed by atoms with Crippen molar-refractivity contribution in [3.63, 3.8) is 0 Å². The third kappa shape index (κ3) is 4.72. The summed E-state index contributed by atoms with van der Waals surface area (Å²) in [4.78, 5) is 36.4. The molecule has 1 fully saturated rings. The molecule has 0 aromatic heterocycles. The number of amides is 2. The maximum Gasteiger partial charge on any atom is 0.407 e. The zero-order valence-corrected chi connectivity index (χ0v) is 18.8. The Hall–Kier alpha value is -3.35. The molecular formula is C26H30N2O5. The summed E-state index contributed by atoms with van der Waals surface area (Å²) in [6.45, 7) is 2.24. The van der Waals surface area contributed by atoms with E-state index in [1.165, 1.54) is 11.1 Å². The minimum absolute atomic E-state index is 0.00790. The van der Waals surface area contributed by atoms with E-state index in [-0.39, 0.29) is 25.0 Å². The van der Waals surface area contributed by atoms with E-state index < -0.39 is 23.5 Å². The molecule has 1 unspecified atom stereocenters. The lowest BCUT2D eigenvalue weighted by Crippen LogP contribution is -2.54. The van der Waals surface area contributed by atoms with E-state index >= 15 is 0 Å². The largest absolute Gasteiger partial charge is 0.480 e. The topological polar surface area (TPSA) is 105 Å². The van der Waals surface area contributed by atoms with Crippen LogP contribution in [0.1, 0.15) is 56.1 Å². The van der Waals surface area contributed by atoms with Crippen molar-refractivity contribution in [2.24, 2.45) is 5.92 Å². The van der Waals surface area contributed by atoms with Crippen molar-refractivity contribution in [2.75, 3.05) is 13.2 Å². The molecule has 0 spiro atoms. The van der Waals surface area contributed by atoms with E-state index in [9.17, 15) is 19.5 Å². The number of hydrogen-bond donors (Lipinski definition) is 3. The van der Waals surface area contributed by atoms with Gasteiger partial charge in [-0.25, -0.2) is 9.59 Å². The van der Waals surface area contributed by atoms with Gasteiger partial charge >= 0.3 is 12.1 Å². The number of carbonyl (C=O) groups is 3. The Balaban J connectivity index is 1.25. The van der Waals surface area contributed by atoms with Crippen LogP contribution in [0, 0.1) is 5.92 Å². The fourth-order valence-electron chi connectivity index (χ4n) is 4.90. The summed E-state index contributed by atoms with van der Waals surface area (Å²) in [7, 11) is 0. The molecule has 0 heterocycles. The van der Waals surface area contributed by atoms with Gasteiger partial charge in [0.1, 0.15) is 12.1 Å². The predicted molar refractivity (Wildman–Crippen MR) is 124 cm³/mol. The van der Waals surface area contributed by atoms with Gasteiger partial charge in [0.05, 0.1) is 0 Å². The van der Waals surface area contributed by atoms with Crippen molar-refractivity contribution < 1.29 is 24.2 Å². The molecule has 7 heteroatoms. The number of carboxylic acids is 1. The molecule has 7 nitrogen and oxygen atoms in total. The smallest absolute Gasteiger partial charge is 0.407 e. The highest BCUT2D eigenvalue weighted by molar-refractivity contribution is 5.88. The number of benzene rings is 2. The Morgan fingerprint density at radius 2 is 1.61 bits per heavy atom. The first-order chi connectivity index (χ1) is 15.9. The molecule has 0 radical (unpaired) electrons. The minimum Gasteiger partial charge on any atom is -0.480 e. The number of carboxylic acid groups (broad SMARTS) is 1. The van der Waals surface area contributed by atoms with Gasteiger partial charge < -0.3 is 20.5 Å². The number of carbonyl (C=O) groups excluding carboxylic acids is 2.